The Bertz CT molecular complexity index is 1220. The van der Waals surface area contributed by atoms with E-state index in [0.717, 1.165) is 13.2 Å². The molecule has 2 fully saturated rings. The van der Waals surface area contributed by atoms with Crippen LogP contribution in [0.3, 0.4) is 0 Å². The van der Waals surface area contributed by atoms with Crippen LogP contribution in [0.1, 0.15) is 112 Å². The number of nitrogens with zero attached hydrogens (tertiary/aromatic N) is 3. The Morgan fingerprint density at radius 3 is 1.37 bits per heavy atom. The van der Waals surface area contributed by atoms with Crippen molar-refractivity contribution < 1.29 is 4.74 Å². The summed E-state index contributed by atoms with van der Waals surface area (Å²) >= 11 is 0. The minimum atomic E-state index is 0.197. The van der Waals surface area contributed by atoms with Gasteiger partial charge in [-0.3, -0.25) is 0 Å². The first kappa shape index (κ1) is 32.4. The number of anilines is 2. The molecule has 0 aliphatic carbocycles. The van der Waals surface area contributed by atoms with Gasteiger partial charge in [-0.15, -0.1) is 0 Å². The van der Waals surface area contributed by atoms with Crippen molar-refractivity contribution in [2.75, 3.05) is 55.7 Å². The zero-order chi connectivity index (χ0) is 31.1. The van der Waals surface area contributed by atoms with E-state index in [1.54, 1.807) is 11.1 Å². The van der Waals surface area contributed by atoms with Crippen molar-refractivity contribution in [3.05, 3.63) is 59.7 Å². The van der Waals surface area contributed by atoms with Gasteiger partial charge in [0.15, 0.2) is 0 Å². The molecule has 43 heavy (non-hydrogen) atoms. The SMILES string of the molecule is CC(C)(C)CN1CCC2(CC1)CCN(C(C)(C)C)c1ccccc12.CC(C)(C)N1CCC2(CCOCC2)c2ccccc21. The van der Waals surface area contributed by atoms with Crippen LogP contribution in [0.5, 0.6) is 0 Å². The predicted molar refractivity (Wildman–Crippen MR) is 185 cm³/mol. The van der Waals surface area contributed by atoms with Crippen LogP contribution in [0.15, 0.2) is 48.5 Å². The molecular formula is C39H61N3O. The number of hydrogen-bond donors (Lipinski definition) is 0. The molecule has 4 nitrogen and oxygen atoms in total. The number of hydrogen-bond acceptors (Lipinski definition) is 4. The van der Waals surface area contributed by atoms with Crippen molar-refractivity contribution in [3.8, 4) is 0 Å². The molecule has 6 rings (SSSR count). The van der Waals surface area contributed by atoms with Gasteiger partial charge in [-0.2, -0.15) is 0 Å². The van der Waals surface area contributed by atoms with E-state index < -0.39 is 0 Å². The topological polar surface area (TPSA) is 19.0 Å². The van der Waals surface area contributed by atoms with E-state index in [-0.39, 0.29) is 11.1 Å². The van der Waals surface area contributed by atoms with E-state index in [1.807, 2.05) is 0 Å². The third kappa shape index (κ3) is 6.96. The quantitative estimate of drug-likeness (QED) is 0.332. The Morgan fingerprint density at radius 2 is 0.953 bits per heavy atom. The summed E-state index contributed by atoms with van der Waals surface area (Å²) in [5.41, 5.74) is 7.68. The number of para-hydroxylation sites is 2. The first-order valence-corrected chi connectivity index (χ1v) is 17.2. The van der Waals surface area contributed by atoms with E-state index in [2.05, 4.69) is 126 Å². The molecule has 4 aliphatic rings. The van der Waals surface area contributed by atoms with Crippen LogP contribution in [-0.2, 0) is 15.6 Å². The van der Waals surface area contributed by atoms with Crippen LogP contribution in [0.2, 0.25) is 0 Å². The highest BCUT2D eigenvalue weighted by atomic mass is 16.5. The second-order valence-electron chi connectivity index (χ2n) is 17.2. The van der Waals surface area contributed by atoms with Gasteiger partial charge in [0.05, 0.1) is 0 Å². The average Bonchev–Trinajstić information content (AvgIpc) is 2.94. The number of likely N-dealkylation sites (tertiary alicyclic amines) is 1. The van der Waals surface area contributed by atoms with Gasteiger partial charge in [-0.25, -0.2) is 0 Å². The third-order valence-electron chi connectivity index (χ3n) is 10.7. The lowest BCUT2D eigenvalue weighted by molar-refractivity contribution is 0.0454. The molecule has 0 radical (unpaired) electrons. The molecule has 0 amide bonds. The fourth-order valence-electron chi connectivity index (χ4n) is 8.48. The van der Waals surface area contributed by atoms with E-state index in [4.69, 9.17) is 4.74 Å². The van der Waals surface area contributed by atoms with E-state index in [9.17, 15) is 0 Å². The summed E-state index contributed by atoms with van der Waals surface area (Å²) in [6.45, 7) is 28.9. The smallest absolute Gasteiger partial charge is 0.0474 e. The van der Waals surface area contributed by atoms with Gasteiger partial charge < -0.3 is 19.4 Å². The second kappa shape index (κ2) is 12.0. The number of rotatable bonds is 1. The molecule has 0 aromatic heterocycles. The molecule has 2 aromatic carbocycles. The first-order chi connectivity index (χ1) is 20.1. The van der Waals surface area contributed by atoms with Crippen LogP contribution < -0.4 is 9.80 Å². The van der Waals surface area contributed by atoms with Crippen LogP contribution in [-0.4, -0.2) is 61.9 Å². The van der Waals surface area contributed by atoms with Crippen LogP contribution >= 0.6 is 0 Å². The van der Waals surface area contributed by atoms with Crippen molar-refractivity contribution in [2.45, 2.75) is 123 Å². The van der Waals surface area contributed by atoms with Crippen molar-refractivity contribution >= 4 is 11.4 Å². The Balaban J connectivity index is 0.000000176. The number of piperidine rings is 1. The zero-order valence-corrected chi connectivity index (χ0v) is 29.1. The van der Waals surface area contributed by atoms with Crippen LogP contribution in [0, 0.1) is 5.41 Å². The summed E-state index contributed by atoms with van der Waals surface area (Å²) < 4.78 is 5.59. The number of ether oxygens (including phenoxy) is 1. The van der Waals surface area contributed by atoms with E-state index in [0.29, 0.717) is 16.2 Å². The molecular weight excluding hydrogens is 526 g/mol. The normalized spacial score (nSPS) is 22.1. The minimum absolute atomic E-state index is 0.197. The molecule has 4 aliphatic heterocycles. The number of fused-ring (bicyclic) bond motifs is 4. The van der Waals surface area contributed by atoms with E-state index >= 15 is 0 Å². The molecule has 0 saturated carbocycles. The summed E-state index contributed by atoms with van der Waals surface area (Å²) in [6.07, 6.45) is 7.58. The monoisotopic (exact) mass is 587 g/mol. The molecule has 0 unspecified atom stereocenters. The molecule has 2 aromatic rings. The molecule has 0 N–H and O–H groups in total. The van der Waals surface area contributed by atoms with Gasteiger partial charge in [0.1, 0.15) is 0 Å². The lowest BCUT2D eigenvalue weighted by Gasteiger charge is -2.52. The summed E-state index contributed by atoms with van der Waals surface area (Å²) in [6, 6.07) is 18.2. The van der Waals surface area contributed by atoms with Crippen molar-refractivity contribution in [3.63, 3.8) is 0 Å². The first-order valence-electron chi connectivity index (χ1n) is 17.2. The molecule has 2 spiro atoms. The van der Waals surface area contributed by atoms with Crippen LogP contribution in [0.25, 0.3) is 0 Å². The molecule has 0 bridgehead atoms. The predicted octanol–water partition coefficient (Wildman–Crippen LogP) is 8.82. The Kier molecular flexibility index (Phi) is 9.06. The Hall–Kier alpha value is -2.04. The van der Waals surface area contributed by atoms with Crippen molar-refractivity contribution in [1.82, 2.24) is 4.90 Å². The molecule has 4 heterocycles. The lowest BCUT2D eigenvalue weighted by atomic mass is 9.67. The number of benzene rings is 2. The van der Waals surface area contributed by atoms with Crippen molar-refractivity contribution in [1.29, 1.82) is 0 Å². The van der Waals surface area contributed by atoms with E-state index in [1.165, 1.54) is 82.6 Å². The Morgan fingerprint density at radius 1 is 0.558 bits per heavy atom. The maximum atomic E-state index is 5.59. The highest BCUT2D eigenvalue weighted by Crippen LogP contribution is 2.49. The molecule has 238 valence electrons. The van der Waals surface area contributed by atoms with Gasteiger partial charge in [0.25, 0.3) is 0 Å². The van der Waals surface area contributed by atoms with Gasteiger partial charge in [0.2, 0.25) is 0 Å². The second-order valence-corrected chi connectivity index (χ2v) is 17.2. The largest absolute Gasteiger partial charge is 0.381 e. The summed E-state index contributed by atoms with van der Waals surface area (Å²) in [4.78, 5) is 7.88. The lowest BCUT2D eigenvalue weighted by Crippen LogP contribution is -2.52. The van der Waals surface area contributed by atoms with Gasteiger partial charge in [-0.05, 0) is 122 Å². The van der Waals surface area contributed by atoms with Gasteiger partial charge >= 0.3 is 0 Å². The summed E-state index contributed by atoms with van der Waals surface area (Å²) in [5.74, 6) is 0. The molecule has 2 saturated heterocycles. The van der Waals surface area contributed by atoms with Gasteiger partial charge in [-0.1, -0.05) is 57.2 Å². The average molecular weight is 588 g/mol. The highest BCUT2D eigenvalue weighted by molar-refractivity contribution is 5.62. The maximum absolute atomic E-state index is 5.59. The third-order valence-corrected chi connectivity index (χ3v) is 10.7. The summed E-state index contributed by atoms with van der Waals surface area (Å²) in [7, 11) is 0. The summed E-state index contributed by atoms with van der Waals surface area (Å²) in [5, 5.41) is 0. The zero-order valence-electron chi connectivity index (χ0n) is 29.1. The standard InChI is InChI=1S/C22H36N2.C17H25NO/c1-20(2,3)17-23-14-11-22(12-15-23)13-16-24(21(4,5)6)19-10-8-7-9-18(19)22;1-16(2,3)18-11-8-17(9-12-19-13-10-17)14-6-4-5-7-15(14)18/h7-10H,11-17H2,1-6H3;4-7H,8-13H2,1-3H3. The Labute approximate surface area is 264 Å². The molecule has 0 atom stereocenters. The van der Waals surface area contributed by atoms with Gasteiger partial charge in [0, 0.05) is 66.1 Å². The fraction of sp³-hybridized carbons (Fsp3) is 0.692. The molecule has 4 heteroatoms. The fourth-order valence-corrected chi connectivity index (χ4v) is 8.48. The highest BCUT2D eigenvalue weighted by Gasteiger charge is 2.44. The minimum Gasteiger partial charge on any atom is -0.381 e. The van der Waals surface area contributed by atoms with Crippen molar-refractivity contribution in [2.24, 2.45) is 5.41 Å². The maximum Gasteiger partial charge on any atom is 0.0474 e. The van der Waals surface area contributed by atoms with Crippen LogP contribution in [0.4, 0.5) is 11.4 Å².